The van der Waals surface area contributed by atoms with Crippen LogP contribution in [-0.2, 0) is 12.8 Å². The highest BCUT2D eigenvalue weighted by atomic mass is 16.4. The zero-order chi connectivity index (χ0) is 6.27. The Labute approximate surface area is 53.7 Å². The summed E-state index contributed by atoms with van der Waals surface area (Å²) in [4.78, 5) is 0. The van der Waals surface area contributed by atoms with Crippen LogP contribution in [0.2, 0.25) is 0 Å². The molecule has 0 radical (unpaired) electrons. The van der Waals surface area contributed by atoms with Gasteiger partial charge in [0.15, 0.2) is 5.88 Å². The van der Waals surface area contributed by atoms with E-state index in [1.807, 2.05) is 6.07 Å². The van der Waals surface area contributed by atoms with Crippen molar-refractivity contribution in [2.45, 2.75) is 19.3 Å². The summed E-state index contributed by atoms with van der Waals surface area (Å²) in [6.07, 6.45) is 3.46. The van der Waals surface area contributed by atoms with E-state index in [1.165, 1.54) is 12.0 Å². The molecule has 0 saturated heterocycles. The van der Waals surface area contributed by atoms with Crippen LogP contribution in [0.25, 0.3) is 0 Å². The van der Waals surface area contributed by atoms with Gasteiger partial charge in [-0.1, -0.05) is 0 Å². The molecule has 0 unspecified atom stereocenters. The van der Waals surface area contributed by atoms with Crippen LogP contribution in [0.1, 0.15) is 17.7 Å². The van der Waals surface area contributed by atoms with Gasteiger partial charge in [-0.3, -0.25) is 0 Å². The topological polar surface area (TPSA) is 39.2 Å². The van der Waals surface area contributed by atoms with Crippen molar-refractivity contribution in [3.63, 3.8) is 0 Å². The molecule has 0 atom stereocenters. The van der Waals surface area contributed by atoms with Gasteiger partial charge in [-0.2, -0.15) is 0 Å². The zero-order valence-electron chi connectivity index (χ0n) is 5.18. The van der Waals surface area contributed by atoms with Crippen LogP contribution in [0.15, 0.2) is 10.5 Å². The number of anilines is 1. The van der Waals surface area contributed by atoms with Crippen LogP contribution in [0.5, 0.6) is 0 Å². The molecule has 0 fully saturated rings. The maximum atomic E-state index is 5.42. The van der Waals surface area contributed by atoms with Gasteiger partial charge in [-0.15, -0.1) is 0 Å². The largest absolute Gasteiger partial charge is 0.446 e. The number of nitrogen functional groups attached to an aromatic ring is 1. The number of hydrogen-bond acceptors (Lipinski definition) is 2. The smallest absolute Gasteiger partial charge is 0.190 e. The summed E-state index contributed by atoms with van der Waals surface area (Å²) in [6.45, 7) is 0. The number of rotatable bonds is 0. The molecule has 0 aliphatic heterocycles. The summed E-state index contributed by atoms with van der Waals surface area (Å²) < 4.78 is 5.20. The highest BCUT2D eigenvalue weighted by molar-refractivity contribution is 5.36. The van der Waals surface area contributed by atoms with Gasteiger partial charge in [-0.05, 0) is 18.4 Å². The predicted octanol–water partition coefficient (Wildman–Crippen LogP) is 1.35. The first kappa shape index (κ1) is 4.91. The average Bonchev–Trinajstić information content (AvgIpc) is 2.22. The van der Waals surface area contributed by atoms with Crippen LogP contribution < -0.4 is 5.73 Å². The van der Waals surface area contributed by atoms with Crippen molar-refractivity contribution in [2.75, 3.05) is 5.73 Å². The van der Waals surface area contributed by atoms with Crippen LogP contribution >= 0.6 is 0 Å². The fraction of sp³-hybridized carbons (Fsp3) is 0.429. The van der Waals surface area contributed by atoms with Crippen molar-refractivity contribution in [1.82, 2.24) is 0 Å². The molecule has 48 valence electrons. The number of hydrogen-bond donors (Lipinski definition) is 1. The quantitative estimate of drug-likeness (QED) is 0.565. The summed E-state index contributed by atoms with van der Waals surface area (Å²) in [6, 6.07) is 1.93. The van der Waals surface area contributed by atoms with Gasteiger partial charge in [-0.25, -0.2) is 0 Å². The maximum Gasteiger partial charge on any atom is 0.190 e. The fourth-order valence-electron chi connectivity index (χ4n) is 1.35. The summed E-state index contributed by atoms with van der Waals surface area (Å²) in [5.74, 6) is 1.67. The Morgan fingerprint density at radius 2 is 2.33 bits per heavy atom. The number of fused-ring (bicyclic) bond motifs is 1. The lowest BCUT2D eigenvalue weighted by Gasteiger charge is -1.83. The lowest BCUT2D eigenvalue weighted by atomic mass is 10.3. The summed E-state index contributed by atoms with van der Waals surface area (Å²) in [5.41, 5.74) is 6.73. The van der Waals surface area contributed by atoms with E-state index in [2.05, 4.69) is 0 Å². The van der Waals surface area contributed by atoms with Crippen molar-refractivity contribution >= 4 is 5.88 Å². The minimum atomic E-state index is 0.569. The third-order valence-electron chi connectivity index (χ3n) is 1.77. The van der Waals surface area contributed by atoms with E-state index in [1.54, 1.807) is 0 Å². The molecule has 0 aromatic carbocycles. The van der Waals surface area contributed by atoms with Gasteiger partial charge in [0.25, 0.3) is 0 Å². The second-order valence-electron chi connectivity index (χ2n) is 2.45. The minimum Gasteiger partial charge on any atom is -0.446 e. The van der Waals surface area contributed by atoms with Crippen molar-refractivity contribution in [3.8, 4) is 0 Å². The van der Waals surface area contributed by atoms with E-state index < -0.39 is 0 Å². The molecule has 0 spiro atoms. The van der Waals surface area contributed by atoms with Gasteiger partial charge in [0.2, 0.25) is 0 Å². The first-order valence-corrected chi connectivity index (χ1v) is 3.23. The van der Waals surface area contributed by atoms with E-state index in [-0.39, 0.29) is 0 Å². The van der Waals surface area contributed by atoms with Gasteiger partial charge in [0.1, 0.15) is 5.76 Å². The molecule has 2 heteroatoms. The molecule has 1 aromatic rings. The molecule has 1 aliphatic rings. The van der Waals surface area contributed by atoms with Gasteiger partial charge in [0, 0.05) is 12.5 Å². The van der Waals surface area contributed by atoms with Crippen LogP contribution in [0.4, 0.5) is 5.88 Å². The molecular formula is C7H9NO. The third kappa shape index (κ3) is 0.626. The van der Waals surface area contributed by atoms with Gasteiger partial charge in [0.05, 0.1) is 0 Å². The van der Waals surface area contributed by atoms with Crippen molar-refractivity contribution < 1.29 is 4.42 Å². The lowest BCUT2D eigenvalue weighted by Crippen LogP contribution is -1.79. The van der Waals surface area contributed by atoms with E-state index in [0.29, 0.717) is 5.88 Å². The first-order valence-electron chi connectivity index (χ1n) is 3.23. The molecule has 0 saturated carbocycles. The van der Waals surface area contributed by atoms with Gasteiger partial charge < -0.3 is 10.2 Å². The van der Waals surface area contributed by atoms with Crippen molar-refractivity contribution in [1.29, 1.82) is 0 Å². The molecule has 1 aromatic heterocycles. The highest BCUT2D eigenvalue weighted by Gasteiger charge is 2.14. The van der Waals surface area contributed by atoms with E-state index in [4.69, 9.17) is 10.2 Å². The maximum absolute atomic E-state index is 5.42. The molecule has 2 rings (SSSR count). The van der Waals surface area contributed by atoms with E-state index in [0.717, 1.165) is 18.6 Å². The van der Waals surface area contributed by atoms with E-state index >= 15 is 0 Å². The second-order valence-corrected chi connectivity index (χ2v) is 2.45. The Morgan fingerprint density at radius 1 is 1.44 bits per heavy atom. The Hall–Kier alpha value is -0.920. The molecule has 1 aliphatic carbocycles. The number of aryl methyl sites for hydroxylation is 2. The standard InChI is InChI=1S/C7H9NO/c8-7-4-5-2-1-3-6(5)9-7/h4H,1-3,8H2. The Balaban J connectivity index is 2.51. The normalized spacial score (nSPS) is 16.0. The molecule has 0 amide bonds. The van der Waals surface area contributed by atoms with Crippen molar-refractivity contribution in [3.05, 3.63) is 17.4 Å². The second kappa shape index (κ2) is 1.53. The monoisotopic (exact) mass is 123 g/mol. The Bertz CT molecular complexity index is 205. The van der Waals surface area contributed by atoms with Gasteiger partial charge >= 0.3 is 0 Å². The van der Waals surface area contributed by atoms with Crippen LogP contribution in [-0.4, -0.2) is 0 Å². The fourth-order valence-corrected chi connectivity index (χ4v) is 1.35. The predicted molar refractivity (Wildman–Crippen MR) is 35.1 cm³/mol. The summed E-state index contributed by atoms with van der Waals surface area (Å²) in [5, 5.41) is 0. The average molecular weight is 123 g/mol. The minimum absolute atomic E-state index is 0.569. The Morgan fingerprint density at radius 3 is 3.11 bits per heavy atom. The third-order valence-corrected chi connectivity index (χ3v) is 1.77. The van der Waals surface area contributed by atoms with E-state index in [9.17, 15) is 0 Å². The SMILES string of the molecule is Nc1cc2c(o1)CCC2. The molecule has 2 nitrogen and oxygen atoms in total. The highest BCUT2D eigenvalue weighted by Crippen LogP contribution is 2.26. The summed E-state index contributed by atoms with van der Waals surface area (Å²) in [7, 11) is 0. The molecular weight excluding hydrogens is 114 g/mol. The Kier molecular flexibility index (Phi) is 0.835. The van der Waals surface area contributed by atoms with Crippen LogP contribution in [0.3, 0.4) is 0 Å². The molecule has 0 bridgehead atoms. The number of nitrogens with two attached hydrogens (primary N) is 1. The van der Waals surface area contributed by atoms with Crippen molar-refractivity contribution in [2.24, 2.45) is 0 Å². The van der Waals surface area contributed by atoms with Crippen LogP contribution in [0, 0.1) is 0 Å². The molecule has 9 heavy (non-hydrogen) atoms. The molecule has 2 N–H and O–H groups in total. The molecule has 1 heterocycles. The first-order chi connectivity index (χ1) is 4.36. The lowest BCUT2D eigenvalue weighted by molar-refractivity contribution is 0.533. The zero-order valence-corrected chi connectivity index (χ0v) is 5.18. The summed E-state index contributed by atoms with van der Waals surface area (Å²) >= 11 is 0. The number of furan rings is 1.